The summed E-state index contributed by atoms with van der Waals surface area (Å²) in [6, 6.07) is 5.70. The van der Waals surface area contributed by atoms with Gasteiger partial charge in [-0.3, -0.25) is 8.98 Å². The fourth-order valence-electron chi connectivity index (χ4n) is 2.76. The molecule has 1 amide bonds. The third kappa shape index (κ3) is 5.41. The van der Waals surface area contributed by atoms with E-state index in [-0.39, 0.29) is 12.3 Å². The van der Waals surface area contributed by atoms with Crippen LogP contribution in [-0.4, -0.2) is 50.9 Å². The predicted octanol–water partition coefficient (Wildman–Crippen LogP) is 2.65. The number of aromatic nitrogens is 1. The van der Waals surface area contributed by atoms with Crippen LogP contribution in [0, 0.1) is 5.82 Å². The minimum Gasteiger partial charge on any atom is -0.343 e. The molecule has 30 heavy (non-hydrogen) atoms. The van der Waals surface area contributed by atoms with E-state index in [1.165, 1.54) is 23.5 Å². The molecular formula is C19H23FN2O6S2. The fourth-order valence-corrected chi connectivity index (χ4v) is 4.39. The van der Waals surface area contributed by atoms with Crippen LogP contribution in [0.2, 0.25) is 0 Å². The third-order valence-corrected chi connectivity index (χ3v) is 6.10. The second kappa shape index (κ2) is 8.31. The molecule has 1 aliphatic rings. The average Bonchev–Trinajstić information content (AvgIpc) is 3.28. The van der Waals surface area contributed by atoms with Crippen molar-refractivity contribution >= 4 is 27.4 Å². The van der Waals surface area contributed by atoms with Crippen molar-refractivity contribution in [2.24, 2.45) is 0 Å². The Kier molecular flexibility index (Phi) is 6.30. The first-order valence-corrected chi connectivity index (χ1v) is 11.7. The van der Waals surface area contributed by atoms with E-state index in [9.17, 15) is 17.6 Å². The third-order valence-electron chi connectivity index (χ3n) is 4.26. The van der Waals surface area contributed by atoms with Crippen LogP contribution in [0.4, 0.5) is 4.39 Å². The smallest absolute Gasteiger partial charge is 0.271 e. The van der Waals surface area contributed by atoms with Crippen LogP contribution in [0.25, 0.3) is 10.4 Å². The summed E-state index contributed by atoms with van der Waals surface area (Å²) in [6.45, 7) is 5.54. The van der Waals surface area contributed by atoms with E-state index in [0.717, 1.165) is 6.26 Å². The van der Waals surface area contributed by atoms with Crippen molar-refractivity contribution in [1.82, 2.24) is 10.3 Å². The number of halogens is 1. The Balaban J connectivity index is 1.94. The summed E-state index contributed by atoms with van der Waals surface area (Å²) >= 11 is 1.21. The lowest BCUT2D eigenvalue weighted by molar-refractivity contribution is -0.149. The molecule has 1 fully saturated rings. The van der Waals surface area contributed by atoms with E-state index in [0.29, 0.717) is 28.7 Å². The number of carbonyl (C=O) groups excluding carboxylic acids is 1. The Morgan fingerprint density at radius 1 is 1.30 bits per heavy atom. The first kappa shape index (κ1) is 22.8. The molecule has 1 aromatic heterocycles. The Morgan fingerprint density at radius 2 is 1.90 bits per heavy atom. The number of nitrogens with one attached hydrogen (secondary N) is 1. The maximum absolute atomic E-state index is 13.4. The zero-order valence-corrected chi connectivity index (χ0v) is 18.7. The predicted molar refractivity (Wildman–Crippen MR) is 109 cm³/mol. The van der Waals surface area contributed by atoms with Gasteiger partial charge >= 0.3 is 0 Å². The van der Waals surface area contributed by atoms with Gasteiger partial charge in [0.15, 0.2) is 5.01 Å². The van der Waals surface area contributed by atoms with Gasteiger partial charge in [-0.2, -0.15) is 8.42 Å². The van der Waals surface area contributed by atoms with Gasteiger partial charge in [0, 0.05) is 0 Å². The molecule has 0 atom stereocenters. The van der Waals surface area contributed by atoms with Crippen molar-refractivity contribution in [3.8, 4) is 10.4 Å². The molecule has 0 saturated carbocycles. The topological polar surface area (TPSA) is 104 Å². The van der Waals surface area contributed by atoms with Crippen molar-refractivity contribution in [2.45, 2.75) is 32.1 Å². The van der Waals surface area contributed by atoms with Crippen LogP contribution >= 0.6 is 11.3 Å². The molecule has 2 aromatic rings. The number of amides is 1. The largest absolute Gasteiger partial charge is 0.343 e. The molecule has 1 saturated heterocycles. The lowest BCUT2D eigenvalue weighted by Crippen LogP contribution is -2.47. The molecule has 164 valence electrons. The molecule has 0 bridgehead atoms. The fraction of sp³-hybridized carbons (Fsp3) is 0.474. The summed E-state index contributed by atoms with van der Waals surface area (Å²) in [7, 11) is -3.66. The first-order chi connectivity index (χ1) is 13.9. The van der Waals surface area contributed by atoms with Gasteiger partial charge in [0.05, 0.1) is 36.5 Å². The summed E-state index contributed by atoms with van der Waals surface area (Å²) < 4.78 is 52.1. The van der Waals surface area contributed by atoms with Crippen LogP contribution in [0.5, 0.6) is 0 Å². The molecule has 8 nitrogen and oxygen atoms in total. The molecule has 1 aromatic carbocycles. The second-order valence-electron chi connectivity index (χ2n) is 7.65. The molecule has 0 aliphatic carbocycles. The summed E-state index contributed by atoms with van der Waals surface area (Å²) in [5.41, 5.74) is -0.277. The first-order valence-electron chi connectivity index (χ1n) is 9.11. The maximum Gasteiger partial charge on any atom is 0.271 e. The van der Waals surface area contributed by atoms with Gasteiger partial charge < -0.3 is 14.8 Å². The Morgan fingerprint density at radius 3 is 2.47 bits per heavy atom. The van der Waals surface area contributed by atoms with Crippen molar-refractivity contribution in [3.05, 3.63) is 40.8 Å². The number of hydrogen-bond donors (Lipinski definition) is 1. The normalized spacial score (nSPS) is 16.6. The Hall–Kier alpha value is -1.92. The van der Waals surface area contributed by atoms with E-state index >= 15 is 0 Å². The van der Waals surface area contributed by atoms with Gasteiger partial charge in [0.25, 0.3) is 16.0 Å². The van der Waals surface area contributed by atoms with Crippen LogP contribution in [-0.2, 0) is 29.6 Å². The zero-order valence-electron chi connectivity index (χ0n) is 17.0. The SMILES string of the molecule is CC(C)(COS(C)(=O)=O)NC(=O)c1nc(C2(C)OCCO2)sc1-c1ccc(F)cc1. The van der Waals surface area contributed by atoms with Crippen LogP contribution < -0.4 is 5.32 Å². The summed E-state index contributed by atoms with van der Waals surface area (Å²) in [6.07, 6.45) is 0.937. The monoisotopic (exact) mass is 458 g/mol. The number of carbonyl (C=O) groups is 1. The molecule has 11 heteroatoms. The van der Waals surface area contributed by atoms with Gasteiger partial charge in [-0.05, 0) is 38.5 Å². The molecule has 3 rings (SSSR count). The molecule has 0 radical (unpaired) electrons. The number of nitrogens with zero attached hydrogens (tertiary/aromatic N) is 1. The minimum absolute atomic E-state index is 0.106. The molecule has 1 N–H and O–H groups in total. The quantitative estimate of drug-likeness (QED) is 0.636. The molecule has 2 heterocycles. The second-order valence-corrected chi connectivity index (χ2v) is 10.3. The standard InChI is InChI=1S/C19H23FN2O6S2/c1-18(2,11-28-30(4,24)25)22-16(23)14-15(12-5-7-13(20)8-6-12)29-17(21-14)19(3)26-9-10-27-19/h5-8H,9-11H2,1-4H3,(H,22,23). The summed E-state index contributed by atoms with van der Waals surface area (Å²) in [4.78, 5) is 18.0. The Labute approximate surface area is 178 Å². The minimum atomic E-state index is -3.66. The Bertz CT molecular complexity index is 1030. The molecule has 0 spiro atoms. The van der Waals surface area contributed by atoms with E-state index in [1.54, 1.807) is 32.9 Å². The van der Waals surface area contributed by atoms with E-state index in [2.05, 4.69) is 10.3 Å². The van der Waals surface area contributed by atoms with Gasteiger partial charge in [0.1, 0.15) is 11.5 Å². The average molecular weight is 459 g/mol. The number of ether oxygens (including phenoxy) is 2. The highest BCUT2D eigenvalue weighted by atomic mass is 32.2. The van der Waals surface area contributed by atoms with Gasteiger partial charge in [-0.25, -0.2) is 9.37 Å². The van der Waals surface area contributed by atoms with Gasteiger partial charge in [-0.15, -0.1) is 11.3 Å². The summed E-state index contributed by atoms with van der Waals surface area (Å²) in [5.74, 6) is -2.00. The van der Waals surface area contributed by atoms with Gasteiger partial charge in [0.2, 0.25) is 5.79 Å². The van der Waals surface area contributed by atoms with Crippen molar-refractivity contribution in [2.75, 3.05) is 26.1 Å². The van der Waals surface area contributed by atoms with E-state index in [1.807, 2.05) is 0 Å². The number of hydrogen-bond acceptors (Lipinski definition) is 8. The highest BCUT2D eigenvalue weighted by Crippen LogP contribution is 2.39. The number of rotatable bonds is 7. The summed E-state index contributed by atoms with van der Waals surface area (Å²) in [5, 5.41) is 3.20. The molecular weight excluding hydrogens is 435 g/mol. The number of thiazole rings is 1. The van der Waals surface area contributed by atoms with Crippen LogP contribution in [0.3, 0.4) is 0 Å². The lowest BCUT2D eigenvalue weighted by Gasteiger charge is -2.25. The van der Waals surface area contributed by atoms with E-state index < -0.39 is 33.2 Å². The highest BCUT2D eigenvalue weighted by Gasteiger charge is 2.38. The molecule has 1 aliphatic heterocycles. The highest BCUT2D eigenvalue weighted by molar-refractivity contribution is 7.85. The van der Waals surface area contributed by atoms with Crippen LogP contribution in [0.15, 0.2) is 24.3 Å². The lowest BCUT2D eigenvalue weighted by atomic mass is 10.1. The maximum atomic E-state index is 13.4. The van der Waals surface area contributed by atoms with Crippen molar-refractivity contribution in [1.29, 1.82) is 0 Å². The van der Waals surface area contributed by atoms with Gasteiger partial charge in [-0.1, -0.05) is 12.1 Å². The zero-order chi connectivity index (χ0) is 22.2. The van der Waals surface area contributed by atoms with Crippen LogP contribution in [0.1, 0.15) is 36.3 Å². The van der Waals surface area contributed by atoms with Crippen molar-refractivity contribution < 1.29 is 31.3 Å². The van der Waals surface area contributed by atoms with E-state index in [4.69, 9.17) is 13.7 Å². The number of benzene rings is 1. The molecule has 0 unspecified atom stereocenters. The van der Waals surface area contributed by atoms with Crippen molar-refractivity contribution in [3.63, 3.8) is 0 Å².